The van der Waals surface area contributed by atoms with E-state index in [-0.39, 0.29) is 83.8 Å². The molecule has 0 aliphatic rings. The molecule has 0 fully saturated rings. The van der Waals surface area contributed by atoms with E-state index in [1.807, 2.05) is 36.7 Å². The van der Waals surface area contributed by atoms with Crippen molar-refractivity contribution in [2.24, 2.45) is 0 Å². The van der Waals surface area contributed by atoms with Gasteiger partial charge < -0.3 is 49.6 Å². The fourth-order valence-corrected chi connectivity index (χ4v) is 6.40. The van der Waals surface area contributed by atoms with E-state index >= 15 is 0 Å². The van der Waals surface area contributed by atoms with E-state index in [9.17, 15) is 0 Å². The number of rotatable bonds is 7. The van der Waals surface area contributed by atoms with Gasteiger partial charge in [0.05, 0.1) is 12.4 Å². The molecule has 3 aromatic carbocycles. The van der Waals surface area contributed by atoms with Crippen molar-refractivity contribution < 1.29 is 83.8 Å². The van der Waals surface area contributed by atoms with Crippen LogP contribution in [0.2, 0.25) is 0 Å². The third-order valence-corrected chi connectivity index (χ3v) is 8.49. The Labute approximate surface area is 344 Å². The van der Waals surface area contributed by atoms with Crippen LogP contribution in [0.1, 0.15) is 67.0 Å². The zero-order chi connectivity index (χ0) is 31.5. The Morgan fingerprint density at radius 1 is 0.540 bits per heavy atom. The van der Waals surface area contributed by atoms with Crippen molar-refractivity contribution in [3.63, 3.8) is 0 Å². The Bertz CT molecular complexity index is 1730. The second kappa shape index (κ2) is 21.8. The summed E-state index contributed by atoms with van der Waals surface area (Å²) in [5.74, 6) is 2.25. The second-order valence-electron chi connectivity index (χ2n) is 11.9. The van der Waals surface area contributed by atoms with Crippen molar-refractivity contribution in [2.75, 3.05) is 0 Å². The van der Waals surface area contributed by atoms with Gasteiger partial charge >= 0.3 is 11.6 Å². The topological polar surface area (TPSA) is 31.8 Å². The molecule has 0 bridgehead atoms. The zero-order valence-corrected chi connectivity index (χ0v) is 34.6. The molecular weight excluding hydrogens is 805 g/mol. The second-order valence-corrected chi connectivity index (χ2v) is 11.9. The van der Waals surface area contributed by atoms with E-state index in [1.165, 1.54) is 67.0 Å². The largest absolute Gasteiger partial charge is 1.00 e. The summed E-state index contributed by atoms with van der Waals surface area (Å²) in [4.78, 5) is 9.24. The van der Waals surface area contributed by atoms with Crippen molar-refractivity contribution in [3.8, 4) is 22.3 Å². The quantitative estimate of drug-likeness (QED) is 0.112. The van der Waals surface area contributed by atoms with Gasteiger partial charge in [-0.3, -0.25) is 0 Å². The maximum Gasteiger partial charge on any atom is 0.327 e. The third kappa shape index (κ3) is 10.3. The van der Waals surface area contributed by atoms with Gasteiger partial charge in [0.1, 0.15) is 23.8 Å². The molecule has 276 valence electrons. The number of benzene rings is 3. The number of aromatic nitrogens is 2. The van der Waals surface area contributed by atoms with E-state index in [4.69, 9.17) is 0 Å². The van der Waals surface area contributed by atoms with Crippen LogP contribution in [0.25, 0.3) is 22.3 Å². The molecule has 10 heteroatoms. The van der Waals surface area contributed by atoms with Crippen molar-refractivity contribution in [3.05, 3.63) is 119 Å². The van der Waals surface area contributed by atoms with Gasteiger partial charge in [-0.2, -0.15) is 0 Å². The minimum Gasteiger partial charge on any atom is -1.00 e. The van der Waals surface area contributed by atoms with Gasteiger partial charge in [-0.1, -0.05) is 38.1 Å². The molecular formula is C40H44Cl4Cu2N4-2. The van der Waals surface area contributed by atoms with Gasteiger partial charge in [-0.05, 0) is 156 Å². The zero-order valence-electron chi connectivity index (χ0n) is 29.7. The van der Waals surface area contributed by atoms with Gasteiger partial charge in [-0.25, -0.2) is 9.15 Å². The number of nitrogens with zero attached hydrogens (tertiary/aromatic N) is 4. The first-order chi connectivity index (χ1) is 21.1. The van der Waals surface area contributed by atoms with Crippen LogP contribution >= 0.6 is 0 Å². The molecule has 5 aromatic rings. The molecule has 5 rings (SSSR count). The van der Waals surface area contributed by atoms with E-state index in [1.54, 1.807) is 0 Å². The minimum atomic E-state index is 0. The summed E-state index contributed by atoms with van der Waals surface area (Å²) < 4.78 is 4.37. The van der Waals surface area contributed by atoms with Crippen LogP contribution in [0, 0.1) is 34.6 Å². The molecule has 2 radical (unpaired) electrons. The molecule has 0 aliphatic heterocycles. The molecule has 0 atom stereocenters. The molecule has 2 aromatic heterocycles. The van der Waals surface area contributed by atoms with E-state index in [0.29, 0.717) is 5.92 Å². The molecule has 0 saturated carbocycles. The molecule has 0 N–H and O–H groups in total. The van der Waals surface area contributed by atoms with Crippen LogP contribution in [0.5, 0.6) is 0 Å². The van der Waals surface area contributed by atoms with Gasteiger partial charge in [0.2, 0.25) is 0 Å². The Kier molecular flexibility index (Phi) is 21.6. The van der Waals surface area contributed by atoms with Crippen molar-refractivity contribution in [1.29, 1.82) is 0 Å². The first-order valence-corrected chi connectivity index (χ1v) is 15.5. The van der Waals surface area contributed by atoms with Crippen molar-refractivity contribution in [2.45, 2.75) is 68.2 Å². The Morgan fingerprint density at radius 3 is 1.14 bits per heavy atom. The van der Waals surface area contributed by atoms with Crippen LogP contribution in [-0.2, 0) is 34.1 Å². The fourth-order valence-electron chi connectivity index (χ4n) is 6.40. The van der Waals surface area contributed by atoms with Crippen LogP contribution in [-0.4, -0.2) is 22.4 Å². The fraction of sp³-hybridized carbons (Fsp3) is 0.250. The smallest absolute Gasteiger partial charge is 0.327 e. The van der Waals surface area contributed by atoms with Gasteiger partial charge in [0.15, 0.2) is 0 Å². The van der Waals surface area contributed by atoms with Crippen LogP contribution in [0.4, 0.5) is 23.0 Å². The number of hydrogen-bond acceptors (Lipinski definition) is 2. The molecule has 0 aliphatic carbocycles. The van der Waals surface area contributed by atoms with Crippen molar-refractivity contribution >= 4 is 35.4 Å². The number of halogens is 4. The summed E-state index contributed by atoms with van der Waals surface area (Å²) in [7, 11) is 0. The summed E-state index contributed by atoms with van der Waals surface area (Å²) in [6, 6.07) is 26.2. The van der Waals surface area contributed by atoms with E-state index in [0.717, 1.165) is 11.6 Å². The minimum absolute atomic E-state index is 0. The van der Waals surface area contributed by atoms with Gasteiger partial charge in [0, 0.05) is 46.3 Å². The summed E-state index contributed by atoms with van der Waals surface area (Å²) in [5, 5.41) is 0. The first kappa shape index (κ1) is 49.6. The summed E-state index contributed by atoms with van der Waals surface area (Å²) >= 11 is 0. The average Bonchev–Trinajstić information content (AvgIpc) is 3.01. The Balaban J connectivity index is 0. The summed E-state index contributed by atoms with van der Waals surface area (Å²) in [6.45, 7) is 19.8. The Hall–Kier alpha value is -2.50. The third-order valence-electron chi connectivity index (χ3n) is 8.49. The molecule has 0 spiro atoms. The summed E-state index contributed by atoms with van der Waals surface area (Å²) in [5.41, 5.74) is 14.9. The molecule has 50 heavy (non-hydrogen) atoms. The molecule has 4 nitrogen and oxygen atoms in total. The van der Waals surface area contributed by atoms with E-state index in [2.05, 4.69) is 142 Å². The normalized spacial score (nSPS) is 10.8. The summed E-state index contributed by atoms with van der Waals surface area (Å²) in [6.07, 6.45) is 7.89. The maximum absolute atomic E-state index is 4.62. The molecule has 2 heterocycles. The SMILES string of the molecule is CC=[N+](c1ccccn1)c1c(C)cc(-c2cc(C(C)C)cc(-c3cc(C)c([N+](=CC)c4ccccn4)c(C)c3)c2C)cc1C.[Cl-].[Cl-].[Cl-].[Cl-].[Cu].[Cu]. The van der Waals surface area contributed by atoms with Gasteiger partial charge in [0.25, 0.3) is 0 Å². The monoisotopic (exact) mass is 846 g/mol. The molecule has 0 amide bonds. The van der Waals surface area contributed by atoms with E-state index < -0.39 is 0 Å². The molecule has 0 unspecified atom stereocenters. The predicted octanol–water partition coefficient (Wildman–Crippen LogP) is -1.66. The first-order valence-electron chi connectivity index (χ1n) is 15.5. The average molecular weight is 850 g/mol. The Morgan fingerprint density at radius 2 is 0.880 bits per heavy atom. The molecule has 0 saturated heterocycles. The van der Waals surface area contributed by atoms with Gasteiger partial charge in [-0.15, -0.1) is 0 Å². The van der Waals surface area contributed by atoms with Crippen LogP contribution in [0.15, 0.2) is 85.2 Å². The maximum atomic E-state index is 4.62. The van der Waals surface area contributed by atoms with Crippen LogP contribution < -0.4 is 58.8 Å². The predicted molar refractivity (Wildman–Crippen MR) is 190 cm³/mol. The standard InChI is InChI=1S/C40H44N4.4ClH.2Cu/c1-10-43(37-16-12-14-18-41-37)39-27(5)20-33(21-28(39)6)35-24-32(26(3)4)25-36(31(35)9)34-22-29(7)40(30(8)23-34)44(11-2)38-17-13-15-19-42-38;;;;;;/h10-26H,1-9H3;4*1H;;/q+2;;;;;;/p-4. The van der Waals surface area contributed by atoms with Crippen molar-refractivity contribution in [1.82, 2.24) is 19.1 Å². The van der Waals surface area contributed by atoms with Crippen LogP contribution in [0.3, 0.4) is 0 Å². The number of aryl methyl sites for hydroxylation is 4. The number of pyridine rings is 2. The number of hydrogen-bond donors (Lipinski definition) is 0.